The van der Waals surface area contributed by atoms with Crippen molar-refractivity contribution in [3.63, 3.8) is 0 Å². The smallest absolute Gasteiger partial charge is 0.338 e. The largest absolute Gasteiger partial charge is 0.422 e. The normalized spacial score (nSPS) is 19.6. The van der Waals surface area contributed by atoms with Crippen LogP contribution in [0.4, 0.5) is 0 Å². The van der Waals surface area contributed by atoms with Gasteiger partial charge in [-0.2, -0.15) is 0 Å². The average Bonchev–Trinajstić information content (AvgIpc) is 3.25. The van der Waals surface area contributed by atoms with Crippen LogP contribution < -0.4 is 9.47 Å². The maximum Gasteiger partial charge on any atom is 0.338 e. The first-order valence-corrected chi connectivity index (χ1v) is 9.22. The number of fused-ring (bicyclic) bond motifs is 6. The summed E-state index contributed by atoms with van der Waals surface area (Å²) in [5.41, 5.74) is 3.43. The standard InChI is InChI=1S/C23H22O4/c1-5-18(24)26-22-17-10-13(4)6-9-16(17)21(27-23(25)12(2)3)19-14-7-8-15(11-14)20(19)22/h5-6,9-10,14-15H,1-2,7-8,11H2,3-4H3. The van der Waals surface area contributed by atoms with E-state index in [1.165, 1.54) is 6.08 Å². The lowest BCUT2D eigenvalue weighted by Crippen LogP contribution is -2.14. The minimum Gasteiger partial charge on any atom is -0.422 e. The third-order valence-electron chi connectivity index (χ3n) is 5.61. The highest BCUT2D eigenvalue weighted by atomic mass is 16.5. The van der Waals surface area contributed by atoms with E-state index in [1.807, 2.05) is 25.1 Å². The first kappa shape index (κ1) is 17.5. The highest BCUT2D eigenvalue weighted by Crippen LogP contribution is 2.61. The highest BCUT2D eigenvalue weighted by Gasteiger charge is 2.43. The quantitative estimate of drug-likeness (QED) is 0.432. The third-order valence-corrected chi connectivity index (χ3v) is 5.61. The van der Waals surface area contributed by atoms with Crippen molar-refractivity contribution < 1.29 is 19.1 Å². The summed E-state index contributed by atoms with van der Waals surface area (Å²) in [7, 11) is 0. The second kappa shape index (κ2) is 6.38. The molecule has 4 rings (SSSR count). The average molecular weight is 362 g/mol. The van der Waals surface area contributed by atoms with Gasteiger partial charge in [0.1, 0.15) is 11.5 Å². The number of carbonyl (C=O) groups excluding carboxylic acids is 2. The zero-order valence-electron chi connectivity index (χ0n) is 15.6. The number of benzene rings is 2. The Morgan fingerprint density at radius 1 is 1.07 bits per heavy atom. The van der Waals surface area contributed by atoms with Crippen LogP contribution in [0.1, 0.15) is 54.7 Å². The molecule has 2 aromatic carbocycles. The van der Waals surface area contributed by atoms with Crippen molar-refractivity contribution in [2.24, 2.45) is 0 Å². The Kier molecular flexibility index (Phi) is 4.14. The van der Waals surface area contributed by atoms with Crippen LogP contribution in [0, 0.1) is 6.92 Å². The molecule has 0 spiro atoms. The van der Waals surface area contributed by atoms with E-state index < -0.39 is 11.9 Å². The fourth-order valence-electron chi connectivity index (χ4n) is 4.44. The first-order chi connectivity index (χ1) is 12.9. The molecule has 2 aliphatic rings. The molecule has 2 atom stereocenters. The molecular formula is C23H22O4. The molecule has 0 aliphatic heterocycles. The maximum atomic E-state index is 12.3. The molecule has 0 aromatic heterocycles. The summed E-state index contributed by atoms with van der Waals surface area (Å²) >= 11 is 0. The lowest BCUT2D eigenvalue weighted by Gasteiger charge is -2.24. The van der Waals surface area contributed by atoms with Crippen LogP contribution in [-0.4, -0.2) is 11.9 Å². The molecule has 0 radical (unpaired) electrons. The molecule has 1 fully saturated rings. The van der Waals surface area contributed by atoms with Gasteiger partial charge in [0.25, 0.3) is 0 Å². The molecule has 27 heavy (non-hydrogen) atoms. The van der Waals surface area contributed by atoms with E-state index in [0.29, 0.717) is 28.9 Å². The lowest BCUT2D eigenvalue weighted by atomic mass is 9.87. The fraction of sp³-hybridized carbons (Fsp3) is 0.304. The Labute approximate surface area is 158 Å². The van der Waals surface area contributed by atoms with Crippen LogP contribution in [-0.2, 0) is 9.59 Å². The van der Waals surface area contributed by atoms with Gasteiger partial charge < -0.3 is 9.47 Å². The number of hydrogen-bond acceptors (Lipinski definition) is 4. The number of rotatable bonds is 4. The van der Waals surface area contributed by atoms with Crippen LogP contribution >= 0.6 is 0 Å². The molecule has 138 valence electrons. The summed E-state index contributed by atoms with van der Waals surface area (Å²) < 4.78 is 11.5. The van der Waals surface area contributed by atoms with E-state index in [-0.39, 0.29) is 0 Å². The SMILES string of the molecule is C=CC(=O)Oc1c2c(c(OC(=O)C(=C)C)c3ccc(C)cc13)C1CCC2C1. The Hall–Kier alpha value is -2.88. The van der Waals surface area contributed by atoms with Crippen molar-refractivity contribution in [1.82, 2.24) is 0 Å². The van der Waals surface area contributed by atoms with Gasteiger partial charge in [0.15, 0.2) is 0 Å². The minimum absolute atomic E-state index is 0.324. The first-order valence-electron chi connectivity index (χ1n) is 9.22. The number of hydrogen-bond donors (Lipinski definition) is 0. The lowest BCUT2D eigenvalue weighted by molar-refractivity contribution is -0.130. The number of carbonyl (C=O) groups is 2. The predicted octanol–water partition coefficient (Wildman–Crippen LogP) is 5.09. The molecule has 2 bridgehead atoms. The molecule has 2 aromatic rings. The van der Waals surface area contributed by atoms with Gasteiger partial charge in [-0.3, -0.25) is 0 Å². The van der Waals surface area contributed by atoms with E-state index in [4.69, 9.17) is 9.47 Å². The van der Waals surface area contributed by atoms with Gasteiger partial charge in [0, 0.05) is 33.5 Å². The Balaban J connectivity index is 2.03. The Bertz CT molecular complexity index is 1010. The van der Waals surface area contributed by atoms with Crippen LogP contribution in [0.15, 0.2) is 43.0 Å². The summed E-state index contributed by atoms with van der Waals surface area (Å²) in [5.74, 6) is 0.927. The summed E-state index contributed by atoms with van der Waals surface area (Å²) in [4.78, 5) is 24.3. The maximum absolute atomic E-state index is 12.3. The van der Waals surface area contributed by atoms with Crippen molar-refractivity contribution in [2.45, 2.75) is 44.9 Å². The van der Waals surface area contributed by atoms with Crippen LogP contribution in [0.2, 0.25) is 0 Å². The molecule has 0 N–H and O–H groups in total. The van der Waals surface area contributed by atoms with E-state index in [0.717, 1.165) is 46.7 Å². The van der Waals surface area contributed by atoms with Gasteiger partial charge >= 0.3 is 11.9 Å². The molecule has 0 heterocycles. The van der Waals surface area contributed by atoms with Gasteiger partial charge in [-0.15, -0.1) is 0 Å². The topological polar surface area (TPSA) is 52.6 Å². The van der Waals surface area contributed by atoms with E-state index in [1.54, 1.807) is 6.92 Å². The third kappa shape index (κ3) is 2.76. The minimum atomic E-state index is -0.477. The molecule has 4 nitrogen and oxygen atoms in total. The van der Waals surface area contributed by atoms with E-state index in [2.05, 4.69) is 13.2 Å². The predicted molar refractivity (Wildman–Crippen MR) is 104 cm³/mol. The number of ether oxygens (including phenoxy) is 2. The summed E-state index contributed by atoms with van der Waals surface area (Å²) in [6.45, 7) is 10.8. The second-order valence-corrected chi connectivity index (χ2v) is 7.54. The second-order valence-electron chi connectivity index (χ2n) is 7.54. The summed E-state index contributed by atoms with van der Waals surface area (Å²) in [6, 6.07) is 5.88. The van der Waals surface area contributed by atoms with Crippen molar-refractivity contribution >= 4 is 22.7 Å². The Morgan fingerprint density at radius 3 is 2.30 bits per heavy atom. The summed E-state index contributed by atoms with van der Waals surface area (Å²) in [5, 5.41) is 1.58. The van der Waals surface area contributed by atoms with Crippen molar-refractivity contribution in [2.75, 3.05) is 0 Å². The summed E-state index contributed by atoms with van der Waals surface area (Å²) in [6.07, 6.45) is 4.29. The monoisotopic (exact) mass is 362 g/mol. The number of esters is 2. The molecule has 0 amide bonds. The van der Waals surface area contributed by atoms with Crippen LogP contribution in [0.5, 0.6) is 11.5 Å². The van der Waals surface area contributed by atoms with Gasteiger partial charge in [-0.05, 0) is 51.0 Å². The van der Waals surface area contributed by atoms with E-state index in [9.17, 15) is 9.59 Å². The molecule has 4 heteroatoms. The molecule has 1 saturated carbocycles. The molecular weight excluding hydrogens is 340 g/mol. The van der Waals surface area contributed by atoms with Gasteiger partial charge in [-0.25, -0.2) is 9.59 Å². The number of aryl methyl sites for hydroxylation is 1. The molecule has 2 aliphatic carbocycles. The Morgan fingerprint density at radius 2 is 1.70 bits per heavy atom. The molecule has 0 saturated heterocycles. The van der Waals surface area contributed by atoms with Gasteiger partial charge in [0.05, 0.1) is 0 Å². The van der Waals surface area contributed by atoms with Crippen molar-refractivity contribution in [3.8, 4) is 11.5 Å². The van der Waals surface area contributed by atoms with Crippen LogP contribution in [0.3, 0.4) is 0 Å². The van der Waals surface area contributed by atoms with Crippen molar-refractivity contribution in [1.29, 1.82) is 0 Å². The van der Waals surface area contributed by atoms with Gasteiger partial charge in [-0.1, -0.05) is 30.9 Å². The van der Waals surface area contributed by atoms with Gasteiger partial charge in [0.2, 0.25) is 0 Å². The molecule has 2 unspecified atom stereocenters. The van der Waals surface area contributed by atoms with E-state index >= 15 is 0 Å². The zero-order chi connectivity index (χ0) is 19.3. The highest BCUT2D eigenvalue weighted by molar-refractivity contribution is 6.01. The fourth-order valence-corrected chi connectivity index (χ4v) is 4.44. The zero-order valence-corrected chi connectivity index (χ0v) is 15.6. The van der Waals surface area contributed by atoms with Crippen LogP contribution in [0.25, 0.3) is 10.8 Å². The van der Waals surface area contributed by atoms with Crippen molar-refractivity contribution in [3.05, 3.63) is 59.7 Å².